The molecule has 0 radical (unpaired) electrons. The van der Waals surface area contributed by atoms with Crippen LogP contribution in [-0.4, -0.2) is 21.5 Å². The number of amides is 1. The highest BCUT2D eigenvalue weighted by molar-refractivity contribution is 9.10. The average Bonchev–Trinajstić information content (AvgIpc) is 2.80. The molecular weight excluding hydrogens is 391 g/mol. The van der Waals surface area contributed by atoms with Crippen LogP contribution >= 0.6 is 15.9 Å². The summed E-state index contributed by atoms with van der Waals surface area (Å²) in [6, 6.07) is 6.33. The van der Waals surface area contributed by atoms with Gasteiger partial charge in [0.2, 0.25) is 0 Å². The van der Waals surface area contributed by atoms with E-state index in [-0.39, 0.29) is 5.69 Å². The molecule has 0 saturated carbocycles. The molecule has 0 bridgehead atoms. The van der Waals surface area contributed by atoms with Crippen molar-refractivity contribution < 1.29 is 22.7 Å². The number of nitrogens with zero attached hydrogens (tertiary/aromatic N) is 2. The fourth-order valence-corrected chi connectivity index (χ4v) is 2.39. The van der Waals surface area contributed by atoms with Gasteiger partial charge in [-0.2, -0.15) is 18.3 Å². The topological polar surface area (TPSA) is 56.1 Å². The van der Waals surface area contributed by atoms with Crippen LogP contribution in [0, 0.1) is 0 Å². The van der Waals surface area contributed by atoms with Gasteiger partial charge >= 0.3 is 12.3 Å². The third-order valence-electron chi connectivity index (χ3n) is 2.75. The molecule has 0 aliphatic rings. The molecule has 0 spiro atoms. The molecule has 1 amide bonds. The molecule has 1 heterocycles. The normalized spacial score (nSPS) is 12.1. The van der Waals surface area contributed by atoms with Crippen molar-refractivity contribution in [2.24, 2.45) is 0 Å². The number of para-hydroxylation sites is 1. The molecule has 2 aromatic rings. The van der Waals surface area contributed by atoms with Gasteiger partial charge in [-0.1, -0.05) is 12.1 Å². The number of hydrogen-bond donors (Lipinski definition) is 1. The predicted molar refractivity (Wildman–Crippen MR) is 86.1 cm³/mol. The van der Waals surface area contributed by atoms with Gasteiger partial charge < -0.3 is 4.74 Å². The summed E-state index contributed by atoms with van der Waals surface area (Å²) >= 11 is 3.19. The molecule has 24 heavy (non-hydrogen) atoms. The summed E-state index contributed by atoms with van der Waals surface area (Å²) in [5, 5.41) is 5.86. The van der Waals surface area contributed by atoms with Crippen LogP contribution in [0.3, 0.4) is 0 Å². The van der Waals surface area contributed by atoms with E-state index in [0.29, 0.717) is 4.47 Å². The van der Waals surface area contributed by atoms with E-state index in [1.807, 2.05) is 0 Å². The second-order valence-corrected chi connectivity index (χ2v) is 6.75. The second-order valence-electron chi connectivity index (χ2n) is 5.89. The molecule has 0 aliphatic carbocycles. The smallest absolute Gasteiger partial charge is 0.435 e. The lowest BCUT2D eigenvalue weighted by molar-refractivity contribution is -0.142. The lowest BCUT2D eigenvalue weighted by Crippen LogP contribution is -2.28. The van der Waals surface area contributed by atoms with Crippen LogP contribution in [0.15, 0.2) is 34.9 Å². The van der Waals surface area contributed by atoms with Gasteiger partial charge in [0, 0.05) is 4.47 Å². The quantitative estimate of drug-likeness (QED) is 0.764. The molecule has 0 saturated heterocycles. The number of nitrogens with one attached hydrogen (secondary N) is 1. The van der Waals surface area contributed by atoms with Gasteiger partial charge in [0.1, 0.15) is 5.60 Å². The van der Waals surface area contributed by atoms with E-state index < -0.39 is 29.3 Å². The highest BCUT2D eigenvalue weighted by atomic mass is 79.9. The number of halogens is 4. The Balaban J connectivity index is 2.45. The number of anilines is 1. The van der Waals surface area contributed by atoms with Gasteiger partial charge in [-0.15, -0.1) is 0 Å². The molecular formula is C15H15BrF3N3O2. The van der Waals surface area contributed by atoms with Crippen LogP contribution in [0.5, 0.6) is 0 Å². The summed E-state index contributed by atoms with van der Waals surface area (Å²) in [5.41, 5.74) is -2.21. The van der Waals surface area contributed by atoms with Crippen molar-refractivity contribution in [1.82, 2.24) is 9.78 Å². The molecule has 5 nitrogen and oxygen atoms in total. The highest BCUT2D eigenvalue weighted by Gasteiger charge is 2.40. The Morgan fingerprint density at radius 2 is 1.88 bits per heavy atom. The molecule has 0 atom stereocenters. The van der Waals surface area contributed by atoms with Crippen molar-refractivity contribution in [1.29, 1.82) is 0 Å². The third kappa shape index (κ3) is 4.28. The fourth-order valence-electron chi connectivity index (χ4n) is 1.93. The standard InChI is InChI=1S/C15H15BrF3N3O2/c1-14(2,3)24-13(23)21-10-8-20-22(12(10)15(17,18)19)11-7-5-4-6-9(11)16/h4-8H,1-3H3,(H,21,23). The van der Waals surface area contributed by atoms with E-state index in [1.54, 1.807) is 39.0 Å². The number of ether oxygens (including phenoxy) is 1. The van der Waals surface area contributed by atoms with E-state index in [0.717, 1.165) is 10.9 Å². The third-order valence-corrected chi connectivity index (χ3v) is 3.42. The molecule has 0 fully saturated rings. The zero-order valence-electron chi connectivity index (χ0n) is 13.1. The first-order valence-electron chi connectivity index (χ1n) is 6.89. The van der Waals surface area contributed by atoms with Crippen LogP contribution in [-0.2, 0) is 10.9 Å². The van der Waals surface area contributed by atoms with Gasteiger partial charge in [0.05, 0.1) is 17.6 Å². The lowest BCUT2D eigenvalue weighted by Gasteiger charge is -2.20. The number of carbonyl (C=O) groups is 1. The van der Waals surface area contributed by atoms with Crippen molar-refractivity contribution >= 4 is 27.7 Å². The van der Waals surface area contributed by atoms with Crippen molar-refractivity contribution in [2.75, 3.05) is 5.32 Å². The zero-order valence-corrected chi connectivity index (χ0v) is 14.7. The van der Waals surface area contributed by atoms with E-state index in [1.165, 1.54) is 6.07 Å². The minimum atomic E-state index is -4.73. The first-order chi connectivity index (χ1) is 11.0. The fraction of sp³-hybridized carbons (Fsp3) is 0.333. The van der Waals surface area contributed by atoms with Crippen molar-refractivity contribution in [3.05, 3.63) is 40.6 Å². The molecule has 2 rings (SSSR count). The average molecular weight is 406 g/mol. The maximum atomic E-state index is 13.5. The Bertz CT molecular complexity index is 751. The maximum absolute atomic E-state index is 13.5. The van der Waals surface area contributed by atoms with Crippen LogP contribution in [0.2, 0.25) is 0 Å². The van der Waals surface area contributed by atoms with Crippen LogP contribution in [0.25, 0.3) is 5.69 Å². The van der Waals surface area contributed by atoms with E-state index in [9.17, 15) is 18.0 Å². The van der Waals surface area contributed by atoms with E-state index in [4.69, 9.17) is 4.74 Å². The Morgan fingerprint density at radius 1 is 1.25 bits per heavy atom. The van der Waals surface area contributed by atoms with Crippen molar-refractivity contribution in [3.8, 4) is 5.69 Å². The van der Waals surface area contributed by atoms with Gasteiger partial charge in [-0.25, -0.2) is 9.48 Å². The number of carbonyl (C=O) groups excluding carboxylic acids is 1. The zero-order chi connectivity index (χ0) is 18.1. The summed E-state index contributed by atoms with van der Waals surface area (Å²) in [6.45, 7) is 4.84. The minimum absolute atomic E-state index is 0.196. The first kappa shape index (κ1) is 18.3. The number of alkyl halides is 3. The van der Waals surface area contributed by atoms with Crippen LogP contribution in [0.4, 0.5) is 23.7 Å². The Kier molecular flexibility index (Phi) is 4.93. The monoisotopic (exact) mass is 405 g/mol. The van der Waals surface area contributed by atoms with Crippen molar-refractivity contribution in [3.63, 3.8) is 0 Å². The molecule has 1 N–H and O–H groups in total. The molecule has 1 aromatic heterocycles. The Hall–Kier alpha value is -2.03. The van der Waals surface area contributed by atoms with Gasteiger partial charge in [-0.05, 0) is 48.8 Å². The molecule has 130 valence electrons. The van der Waals surface area contributed by atoms with E-state index >= 15 is 0 Å². The summed E-state index contributed by atoms with van der Waals surface area (Å²) in [7, 11) is 0. The highest BCUT2D eigenvalue weighted by Crippen LogP contribution is 2.37. The van der Waals surface area contributed by atoms with E-state index in [2.05, 4.69) is 26.3 Å². The molecule has 0 unspecified atom stereocenters. The van der Waals surface area contributed by atoms with Crippen molar-refractivity contribution in [2.45, 2.75) is 32.5 Å². The Morgan fingerprint density at radius 3 is 2.42 bits per heavy atom. The largest absolute Gasteiger partial charge is 0.444 e. The Labute approximate surface area is 144 Å². The van der Waals surface area contributed by atoms with Crippen LogP contribution in [0.1, 0.15) is 26.5 Å². The first-order valence-corrected chi connectivity index (χ1v) is 7.68. The maximum Gasteiger partial charge on any atom is 0.435 e. The summed E-state index contributed by atoms with van der Waals surface area (Å²) in [5.74, 6) is 0. The second kappa shape index (κ2) is 6.46. The predicted octanol–water partition coefficient (Wildman–Crippen LogP) is 5.00. The van der Waals surface area contributed by atoms with Crippen LogP contribution < -0.4 is 5.32 Å². The van der Waals surface area contributed by atoms with Gasteiger partial charge in [0.25, 0.3) is 0 Å². The lowest BCUT2D eigenvalue weighted by atomic mass is 10.2. The summed E-state index contributed by atoms with van der Waals surface area (Å²) in [6.07, 6.45) is -4.78. The SMILES string of the molecule is CC(C)(C)OC(=O)Nc1cnn(-c2ccccc2Br)c1C(F)(F)F. The summed E-state index contributed by atoms with van der Waals surface area (Å²) < 4.78 is 46.6. The number of aromatic nitrogens is 2. The van der Waals surface area contributed by atoms with Gasteiger partial charge in [-0.3, -0.25) is 5.32 Å². The number of rotatable bonds is 2. The van der Waals surface area contributed by atoms with Gasteiger partial charge in [0.15, 0.2) is 5.69 Å². The minimum Gasteiger partial charge on any atom is -0.444 e. The molecule has 9 heteroatoms. The summed E-state index contributed by atoms with van der Waals surface area (Å²) in [4.78, 5) is 11.8. The number of benzene rings is 1. The molecule has 1 aromatic carbocycles. The molecule has 0 aliphatic heterocycles. The number of hydrogen-bond acceptors (Lipinski definition) is 3.